The van der Waals surface area contributed by atoms with E-state index in [2.05, 4.69) is 30.5 Å². The molecule has 0 unspecified atom stereocenters. The van der Waals surface area contributed by atoms with Gasteiger partial charge in [-0.15, -0.1) is 0 Å². The van der Waals surface area contributed by atoms with Crippen molar-refractivity contribution < 1.29 is 0 Å². The first-order valence-electron chi connectivity index (χ1n) is 6.32. The van der Waals surface area contributed by atoms with Crippen molar-refractivity contribution in [3.05, 3.63) is 18.0 Å². The molecule has 16 heavy (non-hydrogen) atoms. The Bertz CT molecular complexity index is 335. The van der Waals surface area contributed by atoms with E-state index in [1.54, 1.807) is 0 Å². The minimum Gasteiger partial charge on any atom is -0.307 e. The molecule has 1 aromatic heterocycles. The minimum absolute atomic E-state index is 0.0385. The Morgan fingerprint density at radius 3 is 2.69 bits per heavy atom. The van der Waals surface area contributed by atoms with Crippen molar-refractivity contribution in [3.8, 4) is 0 Å². The van der Waals surface area contributed by atoms with Gasteiger partial charge in [0.1, 0.15) is 0 Å². The molecular formula is C13H23N3. The molecule has 1 aliphatic carbocycles. The lowest BCUT2D eigenvalue weighted by atomic mass is 9.96. The standard InChI is InChI=1S/C13H23N3/c1-13(2,12-9-15-16(3)10-12)14-8-11-6-4-5-7-11/h9-11,14H,4-8H2,1-3H3. The van der Waals surface area contributed by atoms with E-state index in [9.17, 15) is 0 Å². The molecule has 1 heterocycles. The Labute approximate surface area is 98.2 Å². The molecule has 3 heteroatoms. The average Bonchev–Trinajstić information content (AvgIpc) is 2.85. The second-order valence-electron chi connectivity index (χ2n) is 5.56. The van der Waals surface area contributed by atoms with Gasteiger partial charge in [-0.3, -0.25) is 4.68 Å². The average molecular weight is 221 g/mol. The third-order valence-electron chi connectivity index (χ3n) is 3.73. The van der Waals surface area contributed by atoms with Crippen LogP contribution < -0.4 is 5.32 Å². The maximum absolute atomic E-state index is 4.24. The summed E-state index contributed by atoms with van der Waals surface area (Å²) >= 11 is 0. The molecule has 0 radical (unpaired) electrons. The van der Waals surface area contributed by atoms with Crippen LogP contribution in [-0.2, 0) is 12.6 Å². The summed E-state index contributed by atoms with van der Waals surface area (Å²) in [5.41, 5.74) is 1.31. The molecule has 1 aromatic rings. The van der Waals surface area contributed by atoms with Gasteiger partial charge >= 0.3 is 0 Å². The van der Waals surface area contributed by atoms with Crippen molar-refractivity contribution in [1.82, 2.24) is 15.1 Å². The Balaban J connectivity index is 1.91. The van der Waals surface area contributed by atoms with Gasteiger partial charge in [0.2, 0.25) is 0 Å². The minimum atomic E-state index is 0.0385. The fraction of sp³-hybridized carbons (Fsp3) is 0.769. The van der Waals surface area contributed by atoms with Crippen LogP contribution in [0.3, 0.4) is 0 Å². The van der Waals surface area contributed by atoms with Crippen LogP contribution in [0.2, 0.25) is 0 Å². The number of nitrogens with zero attached hydrogens (tertiary/aromatic N) is 2. The van der Waals surface area contributed by atoms with E-state index < -0.39 is 0 Å². The third-order valence-corrected chi connectivity index (χ3v) is 3.73. The molecule has 0 aliphatic heterocycles. The number of hydrogen-bond acceptors (Lipinski definition) is 2. The molecule has 3 nitrogen and oxygen atoms in total. The lowest BCUT2D eigenvalue weighted by molar-refractivity contribution is 0.357. The highest BCUT2D eigenvalue weighted by Crippen LogP contribution is 2.26. The highest BCUT2D eigenvalue weighted by Gasteiger charge is 2.23. The van der Waals surface area contributed by atoms with Crippen LogP contribution in [0.5, 0.6) is 0 Å². The maximum Gasteiger partial charge on any atom is 0.0540 e. The van der Waals surface area contributed by atoms with Crippen molar-refractivity contribution in [2.24, 2.45) is 13.0 Å². The summed E-state index contributed by atoms with van der Waals surface area (Å²) in [6.07, 6.45) is 9.69. The summed E-state index contributed by atoms with van der Waals surface area (Å²) in [5, 5.41) is 7.92. The number of aryl methyl sites for hydroxylation is 1. The van der Waals surface area contributed by atoms with Crippen LogP contribution in [0, 0.1) is 5.92 Å². The van der Waals surface area contributed by atoms with Crippen molar-refractivity contribution in [3.63, 3.8) is 0 Å². The molecule has 1 fully saturated rings. The maximum atomic E-state index is 4.24. The van der Waals surface area contributed by atoms with Gasteiger partial charge in [-0.2, -0.15) is 5.10 Å². The van der Waals surface area contributed by atoms with Gasteiger partial charge in [-0.25, -0.2) is 0 Å². The molecule has 1 aliphatic rings. The Kier molecular flexibility index (Phi) is 3.33. The highest BCUT2D eigenvalue weighted by molar-refractivity contribution is 5.15. The summed E-state index contributed by atoms with van der Waals surface area (Å²) in [6, 6.07) is 0. The first-order valence-corrected chi connectivity index (χ1v) is 6.32. The lowest BCUT2D eigenvalue weighted by Crippen LogP contribution is -2.39. The van der Waals surface area contributed by atoms with Crippen molar-refractivity contribution >= 4 is 0 Å². The number of hydrogen-bond donors (Lipinski definition) is 1. The van der Waals surface area contributed by atoms with E-state index in [0.717, 1.165) is 12.5 Å². The van der Waals surface area contributed by atoms with Crippen molar-refractivity contribution in [2.45, 2.75) is 45.1 Å². The number of nitrogens with one attached hydrogen (secondary N) is 1. The van der Waals surface area contributed by atoms with E-state index in [0.29, 0.717) is 0 Å². The smallest absolute Gasteiger partial charge is 0.0540 e. The number of rotatable bonds is 4. The molecule has 0 atom stereocenters. The van der Waals surface area contributed by atoms with Gasteiger partial charge in [0, 0.05) is 24.3 Å². The summed E-state index contributed by atoms with van der Waals surface area (Å²) in [7, 11) is 1.97. The summed E-state index contributed by atoms with van der Waals surface area (Å²) in [4.78, 5) is 0. The largest absolute Gasteiger partial charge is 0.307 e. The van der Waals surface area contributed by atoms with Gasteiger partial charge in [0.25, 0.3) is 0 Å². The summed E-state index contributed by atoms with van der Waals surface area (Å²) in [5.74, 6) is 0.885. The SMILES string of the molecule is Cn1cc(C(C)(C)NCC2CCCC2)cn1. The van der Waals surface area contributed by atoms with Gasteiger partial charge in [-0.05, 0) is 39.2 Å². The van der Waals surface area contributed by atoms with Crippen LogP contribution in [0.1, 0.15) is 45.1 Å². The topological polar surface area (TPSA) is 29.9 Å². The Morgan fingerprint density at radius 1 is 1.44 bits per heavy atom. The zero-order valence-corrected chi connectivity index (χ0v) is 10.7. The first kappa shape index (κ1) is 11.6. The van der Waals surface area contributed by atoms with E-state index in [-0.39, 0.29) is 5.54 Å². The van der Waals surface area contributed by atoms with Crippen molar-refractivity contribution in [1.29, 1.82) is 0 Å². The van der Waals surface area contributed by atoms with Crippen LogP contribution in [0.15, 0.2) is 12.4 Å². The van der Waals surface area contributed by atoms with E-state index in [1.165, 1.54) is 31.2 Å². The van der Waals surface area contributed by atoms with Crippen molar-refractivity contribution in [2.75, 3.05) is 6.54 Å². The zero-order valence-electron chi connectivity index (χ0n) is 10.7. The van der Waals surface area contributed by atoms with Gasteiger partial charge in [-0.1, -0.05) is 12.8 Å². The van der Waals surface area contributed by atoms with E-state index >= 15 is 0 Å². The van der Waals surface area contributed by atoms with Crippen LogP contribution in [0.4, 0.5) is 0 Å². The first-order chi connectivity index (χ1) is 7.58. The van der Waals surface area contributed by atoms with Crippen LogP contribution >= 0.6 is 0 Å². The molecule has 90 valence electrons. The number of aromatic nitrogens is 2. The lowest BCUT2D eigenvalue weighted by Gasteiger charge is -2.27. The monoisotopic (exact) mass is 221 g/mol. The highest BCUT2D eigenvalue weighted by atomic mass is 15.2. The molecular weight excluding hydrogens is 198 g/mol. The van der Waals surface area contributed by atoms with Gasteiger partial charge in [0.05, 0.1) is 6.20 Å². The predicted octanol–water partition coefficient (Wildman–Crippen LogP) is 2.44. The molecule has 2 rings (SSSR count). The van der Waals surface area contributed by atoms with E-state index in [1.807, 2.05) is 17.9 Å². The molecule has 1 saturated carbocycles. The molecule has 0 bridgehead atoms. The predicted molar refractivity (Wildman–Crippen MR) is 66.2 cm³/mol. The molecule has 0 saturated heterocycles. The Morgan fingerprint density at radius 2 is 2.12 bits per heavy atom. The quantitative estimate of drug-likeness (QED) is 0.846. The zero-order chi connectivity index (χ0) is 11.6. The van der Waals surface area contributed by atoms with E-state index in [4.69, 9.17) is 0 Å². The van der Waals surface area contributed by atoms with Crippen LogP contribution in [0.25, 0.3) is 0 Å². The molecule has 0 spiro atoms. The second kappa shape index (κ2) is 4.58. The third kappa shape index (κ3) is 2.64. The van der Waals surface area contributed by atoms with Gasteiger partial charge < -0.3 is 5.32 Å². The van der Waals surface area contributed by atoms with Crippen LogP contribution in [-0.4, -0.2) is 16.3 Å². The fourth-order valence-corrected chi connectivity index (χ4v) is 2.46. The molecule has 1 N–H and O–H groups in total. The summed E-state index contributed by atoms with van der Waals surface area (Å²) < 4.78 is 1.87. The fourth-order valence-electron chi connectivity index (χ4n) is 2.46. The molecule has 0 amide bonds. The Hall–Kier alpha value is -0.830. The summed E-state index contributed by atoms with van der Waals surface area (Å²) in [6.45, 7) is 5.61. The van der Waals surface area contributed by atoms with Gasteiger partial charge in [0.15, 0.2) is 0 Å². The second-order valence-corrected chi connectivity index (χ2v) is 5.56. The molecule has 0 aromatic carbocycles. The normalized spacial score (nSPS) is 18.2.